The van der Waals surface area contributed by atoms with Crippen LogP contribution in [0.25, 0.3) is 0 Å². The van der Waals surface area contributed by atoms with Crippen molar-refractivity contribution >= 4 is 0 Å². The molecule has 0 N–H and O–H groups in total. The van der Waals surface area contributed by atoms with E-state index in [-0.39, 0.29) is 18.6 Å². The van der Waals surface area contributed by atoms with Crippen LogP contribution in [0.3, 0.4) is 0 Å². The molecule has 0 saturated heterocycles. The molecule has 0 atom stereocenters. The van der Waals surface area contributed by atoms with Gasteiger partial charge in [-0.3, -0.25) is 0 Å². The van der Waals surface area contributed by atoms with Gasteiger partial charge < -0.3 is 0 Å². The van der Waals surface area contributed by atoms with Crippen LogP contribution >= 0.6 is 0 Å². The van der Waals surface area contributed by atoms with E-state index in [4.69, 9.17) is 21.0 Å². The second-order valence-corrected chi connectivity index (χ2v) is 1.20. The Morgan fingerprint density at radius 1 is 0.636 bits per heavy atom. The molecule has 0 heterocycles. The van der Waals surface area contributed by atoms with E-state index in [1.165, 1.54) is 24.3 Å². The number of hydrogen-bond donors (Lipinski definition) is 0. The van der Waals surface area contributed by atoms with Gasteiger partial charge in [-0.05, 0) is 0 Å². The Kier molecular flexibility index (Phi) is 6.99. The van der Waals surface area contributed by atoms with Crippen molar-refractivity contribution in [1.82, 2.24) is 0 Å². The smallest absolute Gasteiger partial charge is 0.158 e. The third-order valence-electron chi connectivity index (χ3n) is 0.697. The number of hydrogen-bond acceptors (Lipinski definition) is 4. The molecule has 0 aliphatic heterocycles. The van der Waals surface area contributed by atoms with Crippen LogP contribution in [0.5, 0.6) is 0 Å². The molecule has 49 valence electrons. The van der Waals surface area contributed by atoms with Gasteiger partial charge in [-0.2, -0.15) is 21.0 Å². The van der Waals surface area contributed by atoms with Gasteiger partial charge in [-0.15, -0.1) is 0 Å². The molecule has 0 unspecified atom stereocenters. The van der Waals surface area contributed by atoms with E-state index in [9.17, 15) is 0 Å². The van der Waals surface area contributed by atoms with Crippen molar-refractivity contribution in [3.8, 4) is 24.3 Å². The van der Waals surface area contributed by atoms with Gasteiger partial charge in [-0.25, -0.2) is 0 Å². The summed E-state index contributed by atoms with van der Waals surface area (Å²) in [4.78, 5) is 0. The number of allylic oxidation sites excluding steroid dienone is 2. The first-order valence-electron chi connectivity index (χ1n) is 2.14. The fourth-order valence-electron chi connectivity index (χ4n) is 0.274. The molecule has 11 heavy (non-hydrogen) atoms. The molecule has 4 nitrogen and oxygen atoms in total. The van der Waals surface area contributed by atoms with E-state index in [1.807, 2.05) is 0 Å². The van der Waals surface area contributed by atoms with Gasteiger partial charge >= 0.3 is 0 Å². The van der Waals surface area contributed by atoms with E-state index in [1.54, 1.807) is 0 Å². The zero-order valence-corrected chi connectivity index (χ0v) is 6.63. The Balaban J connectivity index is 0. The molecular formula is C6N4V. The molecule has 0 aliphatic rings. The Morgan fingerprint density at radius 2 is 0.818 bits per heavy atom. The molecular weight excluding hydrogens is 179 g/mol. The van der Waals surface area contributed by atoms with E-state index in [0.717, 1.165) is 0 Å². The zero-order chi connectivity index (χ0) is 7.98. The number of nitriles is 4. The minimum absolute atomic E-state index is 0. The van der Waals surface area contributed by atoms with E-state index >= 15 is 0 Å². The Morgan fingerprint density at radius 3 is 0.909 bits per heavy atom. The third-order valence-corrected chi connectivity index (χ3v) is 0.697. The van der Waals surface area contributed by atoms with Crippen molar-refractivity contribution in [3.05, 3.63) is 11.1 Å². The molecule has 0 aliphatic carbocycles. The van der Waals surface area contributed by atoms with Gasteiger partial charge in [-0.1, -0.05) is 0 Å². The van der Waals surface area contributed by atoms with Crippen molar-refractivity contribution in [3.63, 3.8) is 0 Å². The Bertz CT molecular complexity index is 262. The summed E-state index contributed by atoms with van der Waals surface area (Å²) < 4.78 is 0. The first-order valence-corrected chi connectivity index (χ1v) is 2.14. The second-order valence-electron chi connectivity index (χ2n) is 1.20. The van der Waals surface area contributed by atoms with Gasteiger partial charge in [0, 0.05) is 18.6 Å². The normalized spacial score (nSPS) is 5.09. The molecule has 0 bridgehead atoms. The Labute approximate surface area is 75.5 Å². The van der Waals surface area contributed by atoms with Crippen molar-refractivity contribution in [2.45, 2.75) is 0 Å². The fourth-order valence-corrected chi connectivity index (χ4v) is 0.274. The monoisotopic (exact) mass is 179 g/mol. The van der Waals surface area contributed by atoms with Gasteiger partial charge in [0.2, 0.25) is 0 Å². The van der Waals surface area contributed by atoms with E-state index < -0.39 is 11.1 Å². The summed E-state index contributed by atoms with van der Waals surface area (Å²) in [5.74, 6) is 0. The van der Waals surface area contributed by atoms with Crippen LogP contribution in [0, 0.1) is 45.3 Å². The number of nitrogens with zero attached hydrogens (tertiary/aromatic N) is 4. The summed E-state index contributed by atoms with van der Waals surface area (Å²) in [6, 6.07) is 5.71. The molecule has 0 aromatic heterocycles. The zero-order valence-electron chi connectivity index (χ0n) is 5.24. The van der Waals surface area contributed by atoms with E-state index in [2.05, 4.69) is 0 Å². The van der Waals surface area contributed by atoms with Crippen molar-refractivity contribution in [1.29, 1.82) is 21.0 Å². The maximum Gasteiger partial charge on any atom is 0.158 e. The first-order chi connectivity index (χ1) is 4.79. The predicted molar refractivity (Wildman–Crippen MR) is 29.5 cm³/mol. The van der Waals surface area contributed by atoms with Crippen LogP contribution < -0.4 is 0 Å². The summed E-state index contributed by atoms with van der Waals surface area (Å²) in [6.45, 7) is 0. The number of rotatable bonds is 0. The van der Waals surface area contributed by atoms with E-state index in [0.29, 0.717) is 0 Å². The standard InChI is InChI=1S/C6N4.V/c7-1-5(2-8)6(3-9)4-10;. The Hall–Kier alpha value is -1.72. The third kappa shape index (κ3) is 3.09. The van der Waals surface area contributed by atoms with Crippen molar-refractivity contribution in [2.75, 3.05) is 0 Å². The van der Waals surface area contributed by atoms with Crippen LogP contribution in [-0.2, 0) is 18.6 Å². The summed E-state index contributed by atoms with van der Waals surface area (Å²) in [5, 5.41) is 32.5. The van der Waals surface area contributed by atoms with Crippen LogP contribution in [0.4, 0.5) is 0 Å². The minimum Gasteiger partial charge on any atom is -0.192 e. The topological polar surface area (TPSA) is 95.2 Å². The molecule has 0 amide bonds. The summed E-state index contributed by atoms with van der Waals surface area (Å²) >= 11 is 0. The van der Waals surface area contributed by atoms with Crippen LogP contribution in [0.15, 0.2) is 11.1 Å². The molecule has 0 spiro atoms. The first kappa shape index (κ1) is 12.0. The molecule has 5 heteroatoms. The molecule has 1 radical (unpaired) electrons. The maximum absolute atomic E-state index is 8.13. The molecule has 0 aromatic carbocycles. The average molecular weight is 179 g/mol. The molecule has 0 saturated carbocycles. The van der Waals surface area contributed by atoms with Gasteiger partial charge in [0.15, 0.2) is 11.1 Å². The summed E-state index contributed by atoms with van der Waals surface area (Å²) in [6.07, 6.45) is 0. The van der Waals surface area contributed by atoms with Gasteiger partial charge in [0.25, 0.3) is 0 Å². The fraction of sp³-hybridized carbons (Fsp3) is 0. The molecule has 0 rings (SSSR count). The summed E-state index contributed by atoms with van der Waals surface area (Å²) in [7, 11) is 0. The molecule has 0 fully saturated rings. The van der Waals surface area contributed by atoms with Gasteiger partial charge in [0.05, 0.1) is 0 Å². The maximum atomic E-state index is 8.13. The van der Waals surface area contributed by atoms with Gasteiger partial charge in [0.1, 0.15) is 24.3 Å². The van der Waals surface area contributed by atoms with Crippen LogP contribution in [0.1, 0.15) is 0 Å². The van der Waals surface area contributed by atoms with Crippen molar-refractivity contribution < 1.29 is 18.6 Å². The predicted octanol–water partition coefficient (Wildman–Crippen LogP) is 0.375. The largest absolute Gasteiger partial charge is 0.192 e. The molecule has 0 aromatic rings. The second kappa shape index (κ2) is 6.41. The SMILES string of the molecule is N#CC(C#N)=C(C#N)C#N.[V]. The average Bonchev–Trinajstić information content (AvgIpc) is 2.00. The quantitative estimate of drug-likeness (QED) is 0.502. The van der Waals surface area contributed by atoms with Crippen LogP contribution in [0.2, 0.25) is 0 Å². The minimum atomic E-state index is -0.440. The van der Waals surface area contributed by atoms with Crippen molar-refractivity contribution in [2.24, 2.45) is 0 Å². The summed E-state index contributed by atoms with van der Waals surface area (Å²) in [5.41, 5.74) is -0.880. The van der Waals surface area contributed by atoms with Crippen LogP contribution in [-0.4, -0.2) is 0 Å².